The molecule has 27 heavy (non-hydrogen) atoms. The molecule has 0 aromatic heterocycles. The topological polar surface area (TPSA) is 50.7 Å². The maximum Gasteiger partial charge on any atom is 0.277 e. The molecule has 0 aliphatic heterocycles. The molecule has 0 bridgehead atoms. The fraction of sp³-hybridized carbons (Fsp3) is 0.391. The SMILES string of the molecule is Cc1ccc(C(C)C)c(OCC(=O)N/N=C(/CC(C)C)c2ccccc2)c1. The van der Waals surface area contributed by atoms with Gasteiger partial charge in [0.05, 0.1) is 5.71 Å². The van der Waals surface area contributed by atoms with Crippen LogP contribution in [0.1, 0.15) is 56.7 Å². The van der Waals surface area contributed by atoms with Crippen molar-refractivity contribution in [2.75, 3.05) is 6.61 Å². The van der Waals surface area contributed by atoms with E-state index in [1.165, 1.54) is 0 Å². The van der Waals surface area contributed by atoms with Crippen LogP contribution in [-0.4, -0.2) is 18.2 Å². The Morgan fingerprint density at radius 1 is 1.07 bits per heavy atom. The summed E-state index contributed by atoms with van der Waals surface area (Å²) in [4.78, 5) is 12.3. The molecule has 1 amide bonds. The van der Waals surface area contributed by atoms with E-state index < -0.39 is 0 Å². The molecule has 0 radical (unpaired) electrons. The van der Waals surface area contributed by atoms with Crippen LogP contribution in [0.3, 0.4) is 0 Å². The van der Waals surface area contributed by atoms with Gasteiger partial charge in [0.2, 0.25) is 0 Å². The lowest BCUT2D eigenvalue weighted by Gasteiger charge is -2.14. The van der Waals surface area contributed by atoms with Gasteiger partial charge in [-0.3, -0.25) is 4.79 Å². The average molecular weight is 367 g/mol. The van der Waals surface area contributed by atoms with Gasteiger partial charge in [0, 0.05) is 0 Å². The van der Waals surface area contributed by atoms with Crippen molar-refractivity contribution in [1.82, 2.24) is 5.43 Å². The highest BCUT2D eigenvalue weighted by Gasteiger charge is 2.11. The number of hydrazone groups is 1. The molecule has 0 aliphatic carbocycles. The van der Waals surface area contributed by atoms with E-state index in [0.717, 1.165) is 34.6 Å². The van der Waals surface area contributed by atoms with Gasteiger partial charge in [-0.15, -0.1) is 0 Å². The number of nitrogens with one attached hydrogen (secondary N) is 1. The van der Waals surface area contributed by atoms with Gasteiger partial charge in [0.25, 0.3) is 5.91 Å². The van der Waals surface area contributed by atoms with Crippen LogP contribution in [0.2, 0.25) is 0 Å². The predicted octanol–water partition coefficient (Wildman–Crippen LogP) is 5.06. The highest BCUT2D eigenvalue weighted by Crippen LogP contribution is 2.27. The van der Waals surface area contributed by atoms with Gasteiger partial charge in [-0.1, -0.05) is 70.2 Å². The Morgan fingerprint density at radius 3 is 2.41 bits per heavy atom. The number of amides is 1. The van der Waals surface area contributed by atoms with Crippen LogP contribution in [0, 0.1) is 12.8 Å². The normalized spacial score (nSPS) is 11.7. The first-order valence-electron chi connectivity index (χ1n) is 9.51. The number of hydrogen-bond acceptors (Lipinski definition) is 3. The number of nitrogens with zero attached hydrogens (tertiary/aromatic N) is 1. The molecule has 0 unspecified atom stereocenters. The van der Waals surface area contributed by atoms with Gasteiger partial charge in [-0.2, -0.15) is 5.10 Å². The standard InChI is InChI=1S/C23H30N2O2/c1-16(2)13-21(19-9-7-6-8-10-19)24-25-23(26)15-27-22-14-18(5)11-12-20(22)17(3)4/h6-12,14,16-17H,13,15H2,1-5H3,(H,25,26)/b24-21-. The first-order chi connectivity index (χ1) is 12.9. The minimum Gasteiger partial charge on any atom is -0.483 e. The van der Waals surface area contributed by atoms with Crippen LogP contribution in [0.15, 0.2) is 53.6 Å². The van der Waals surface area contributed by atoms with Crippen LogP contribution in [-0.2, 0) is 4.79 Å². The Bertz CT molecular complexity index is 780. The molecule has 4 heteroatoms. The summed E-state index contributed by atoms with van der Waals surface area (Å²) in [6, 6.07) is 16.0. The van der Waals surface area contributed by atoms with Gasteiger partial charge >= 0.3 is 0 Å². The molecule has 0 aliphatic rings. The fourth-order valence-corrected chi connectivity index (χ4v) is 2.79. The first kappa shape index (κ1) is 20.7. The van der Waals surface area contributed by atoms with Crippen molar-refractivity contribution in [2.45, 2.75) is 47.0 Å². The largest absolute Gasteiger partial charge is 0.483 e. The quantitative estimate of drug-likeness (QED) is 0.524. The maximum absolute atomic E-state index is 12.3. The average Bonchev–Trinajstić information content (AvgIpc) is 2.63. The molecule has 2 aromatic carbocycles. The third kappa shape index (κ3) is 6.55. The van der Waals surface area contributed by atoms with E-state index in [1.54, 1.807) is 0 Å². The van der Waals surface area contributed by atoms with Gasteiger partial charge in [0.1, 0.15) is 5.75 Å². The summed E-state index contributed by atoms with van der Waals surface area (Å²) in [5.74, 6) is 1.27. The van der Waals surface area contributed by atoms with Crippen LogP contribution in [0.5, 0.6) is 5.75 Å². The van der Waals surface area contributed by atoms with Gasteiger partial charge < -0.3 is 4.74 Å². The Balaban J connectivity index is 2.04. The van der Waals surface area contributed by atoms with Crippen molar-refractivity contribution >= 4 is 11.6 Å². The van der Waals surface area contributed by atoms with Gasteiger partial charge in [-0.05, 0) is 47.9 Å². The van der Waals surface area contributed by atoms with Crippen molar-refractivity contribution in [1.29, 1.82) is 0 Å². The number of hydrogen-bond donors (Lipinski definition) is 1. The maximum atomic E-state index is 12.3. The lowest BCUT2D eigenvalue weighted by Crippen LogP contribution is -2.26. The molecule has 2 rings (SSSR count). The summed E-state index contributed by atoms with van der Waals surface area (Å²) in [5, 5.41) is 4.36. The van der Waals surface area contributed by atoms with Crippen molar-refractivity contribution in [3.05, 3.63) is 65.2 Å². The summed E-state index contributed by atoms with van der Waals surface area (Å²) in [5.41, 5.74) is 6.74. The number of rotatable bonds is 8. The minimum absolute atomic E-state index is 0.0591. The molecule has 0 saturated heterocycles. The number of aryl methyl sites for hydroxylation is 1. The number of benzene rings is 2. The van der Waals surface area contributed by atoms with Crippen LogP contribution in [0.4, 0.5) is 0 Å². The first-order valence-corrected chi connectivity index (χ1v) is 9.51. The predicted molar refractivity (Wildman–Crippen MR) is 111 cm³/mol. The second kappa shape index (κ2) is 9.91. The van der Waals surface area contributed by atoms with Crippen molar-refractivity contribution in [3.63, 3.8) is 0 Å². The summed E-state index contributed by atoms with van der Waals surface area (Å²) >= 11 is 0. The van der Waals surface area contributed by atoms with Crippen LogP contribution >= 0.6 is 0 Å². The third-order valence-electron chi connectivity index (χ3n) is 4.17. The van der Waals surface area contributed by atoms with Gasteiger partial charge in [-0.25, -0.2) is 5.43 Å². The van der Waals surface area contributed by atoms with E-state index in [1.807, 2.05) is 43.3 Å². The van der Waals surface area contributed by atoms with E-state index in [0.29, 0.717) is 11.8 Å². The van der Waals surface area contributed by atoms with E-state index in [4.69, 9.17) is 4.74 Å². The lowest BCUT2D eigenvalue weighted by atomic mass is 10.0. The molecule has 144 valence electrons. The zero-order valence-corrected chi connectivity index (χ0v) is 17.0. The second-order valence-electron chi connectivity index (χ2n) is 7.54. The fourth-order valence-electron chi connectivity index (χ4n) is 2.79. The molecule has 0 saturated carbocycles. The van der Waals surface area contributed by atoms with Crippen molar-refractivity contribution in [3.8, 4) is 5.75 Å². The molecule has 0 fully saturated rings. The Kier molecular flexibility index (Phi) is 7.59. The Labute approximate surface area is 162 Å². The van der Waals surface area contributed by atoms with Crippen molar-refractivity contribution in [2.24, 2.45) is 11.0 Å². The van der Waals surface area contributed by atoms with E-state index in [2.05, 4.69) is 50.4 Å². The van der Waals surface area contributed by atoms with E-state index in [9.17, 15) is 4.79 Å². The molecular formula is C23H30N2O2. The lowest BCUT2D eigenvalue weighted by molar-refractivity contribution is -0.123. The minimum atomic E-state index is -0.261. The molecule has 0 heterocycles. The molecule has 1 N–H and O–H groups in total. The number of carbonyl (C=O) groups is 1. The van der Waals surface area contributed by atoms with E-state index in [-0.39, 0.29) is 12.5 Å². The second-order valence-corrected chi connectivity index (χ2v) is 7.54. The van der Waals surface area contributed by atoms with E-state index >= 15 is 0 Å². The molecule has 4 nitrogen and oxygen atoms in total. The van der Waals surface area contributed by atoms with Crippen LogP contribution in [0.25, 0.3) is 0 Å². The monoisotopic (exact) mass is 366 g/mol. The third-order valence-corrected chi connectivity index (χ3v) is 4.17. The summed E-state index contributed by atoms with van der Waals surface area (Å²) in [7, 11) is 0. The molecule has 0 spiro atoms. The Morgan fingerprint density at radius 2 is 1.78 bits per heavy atom. The Hall–Kier alpha value is -2.62. The summed E-state index contributed by atoms with van der Waals surface area (Å²) in [6.45, 7) is 10.4. The zero-order chi connectivity index (χ0) is 19.8. The molecular weight excluding hydrogens is 336 g/mol. The molecule has 0 atom stereocenters. The zero-order valence-electron chi connectivity index (χ0n) is 17.0. The highest BCUT2D eigenvalue weighted by molar-refractivity contribution is 6.01. The summed E-state index contributed by atoms with van der Waals surface area (Å²) in [6.07, 6.45) is 0.792. The van der Waals surface area contributed by atoms with Gasteiger partial charge in [0.15, 0.2) is 6.61 Å². The van der Waals surface area contributed by atoms with Crippen LogP contribution < -0.4 is 10.2 Å². The smallest absolute Gasteiger partial charge is 0.277 e. The number of carbonyl (C=O) groups excluding carboxylic acids is 1. The molecule has 2 aromatic rings. The summed E-state index contributed by atoms with van der Waals surface area (Å²) < 4.78 is 5.78. The number of ether oxygens (including phenoxy) is 1. The highest BCUT2D eigenvalue weighted by atomic mass is 16.5. The van der Waals surface area contributed by atoms with Crippen molar-refractivity contribution < 1.29 is 9.53 Å².